The third kappa shape index (κ3) is 6.83. The van der Waals surface area contributed by atoms with Crippen LogP contribution in [0.1, 0.15) is 39.9 Å². The molecule has 1 fully saturated rings. The number of rotatable bonds is 7. The summed E-state index contributed by atoms with van der Waals surface area (Å²) in [5, 5.41) is 5.82. The van der Waals surface area contributed by atoms with Crippen molar-refractivity contribution in [2.75, 3.05) is 13.2 Å². The summed E-state index contributed by atoms with van der Waals surface area (Å²) >= 11 is 0. The molecule has 1 heterocycles. The third-order valence-corrected chi connectivity index (χ3v) is 5.31. The summed E-state index contributed by atoms with van der Waals surface area (Å²) in [5.41, 5.74) is 9.77. The molecule has 162 valence electrons. The Morgan fingerprint density at radius 1 is 1.03 bits per heavy atom. The number of halogens is 1. The fraction of sp³-hybridized carbons (Fsp3) is 0.391. The Morgan fingerprint density at radius 3 is 2.40 bits per heavy atom. The van der Waals surface area contributed by atoms with E-state index in [-0.39, 0.29) is 30.1 Å². The molecule has 0 aliphatic carbocycles. The average Bonchev–Trinajstić information content (AvgIpc) is 2.77. The highest BCUT2D eigenvalue weighted by Gasteiger charge is 2.26. The smallest absolute Gasteiger partial charge is 0.251 e. The Balaban J connectivity index is 0.00000320. The van der Waals surface area contributed by atoms with Crippen LogP contribution in [-0.2, 0) is 22.6 Å². The number of hydrogen-bond acceptors (Lipinski definition) is 4. The molecular weight excluding hydrogens is 402 g/mol. The number of aryl methyl sites for hydroxylation is 1. The fourth-order valence-corrected chi connectivity index (χ4v) is 3.41. The van der Waals surface area contributed by atoms with Crippen molar-refractivity contribution in [3.8, 4) is 0 Å². The minimum absolute atomic E-state index is 0. The van der Waals surface area contributed by atoms with Crippen molar-refractivity contribution in [3.63, 3.8) is 0 Å². The van der Waals surface area contributed by atoms with Gasteiger partial charge in [-0.2, -0.15) is 0 Å². The van der Waals surface area contributed by atoms with Gasteiger partial charge in [-0.1, -0.05) is 42.0 Å². The topological polar surface area (TPSA) is 93.5 Å². The molecule has 0 spiro atoms. The van der Waals surface area contributed by atoms with Gasteiger partial charge in [0, 0.05) is 31.9 Å². The molecule has 0 saturated carbocycles. The Kier molecular flexibility index (Phi) is 9.30. The van der Waals surface area contributed by atoms with Gasteiger partial charge in [-0.05, 0) is 48.9 Å². The lowest BCUT2D eigenvalue weighted by atomic mass is 9.92. The summed E-state index contributed by atoms with van der Waals surface area (Å²) in [6.45, 7) is 4.16. The molecule has 0 bridgehead atoms. The monoisotopic (exact) mass is 431 g/mol. The van der Waals surface area contributed by atoms with Gasteiger partial charge in [0.2, 0.25) is 5.91 Å². The van der Waals surface area contributed by atoms with Gasteiger partial charge in [-0.15, -0.1) is 12.4 Å². The first-order valence-corrected chi connectivity index (χ1v) is 10.1. The van der Waals surface area contributed by atoms with E-state index in [0.29, 0.717) is 31.9 Å². The van der Waals surface area contributed by atoms with Crippen LogP contribution in [0, 0.1) is 12.8 Å². The molecule has 1 saturated heterocycles. The maximum absolute atomic E-state index is 12.5. The van der Waals surface area contributed by atoms with Crippen LogP contribution in [0.25, 0.3) is 0 Å². The van der Waals surface area contributed by atoms with Gasteiger partial charge in [0.1, 0.15) is 0 Å². The van der Waals surface area contributed by atoms with Crippen molar-refractivity contribution in [1.82, 2.24) is 10.6 Å². The van der Waals surface area contributed by atoms with Crippen molar-refractivity contribution in [2.24, 2.45) is 11.7 Å². The highest BCUT2D eigenvalue weighted by Crippen LogP contribution is 2.17. The molecular formula is C23H30ClN3O3. The minimum atomic E-state index is -0.528. The number of hydrogen-bond donors (Lipinski definition) is 3. The molecule has 0 radical (unpaired) electrons. The van der Waals surface area contributed by atoms with E-state index in [1.165, 1.54) is 5.56 Å². The molecule has 30 heavy (non-hydrogen) atoms. The Morgan fingerprint density at radius 2 is 1.70 bits per heavy atom. The molecule has 1 aliphatic rings. The van der Waals surface area contributed by atoms with Gasteiger partial charge >= 0.3 is 0 Å². The molecule has 7 heteroatoms. The molecule has 2 aromatic carbocycles. The van der Waals surface area contributed by atoms with Gasteiger partial charge in [-0.3, -0.25) is 9.59 Å². The zero-order valence-electron chi connectivity index (χ0n) is 17.2. The summed E-state index contributed by atoms with van der Waals surface area (Å²) in [5.74, 6) is -0.147. The zero-order valence-corrected chi connectivity index (χ0v) is 18.0. The van der Waals surface area contributed by atoms with Gasteiger partial charge < -0.3 is 21.1 Å². The number of amides is 2. The molecule has 1 unspecified atom stereocenters. The number of nitrogens with one attached hydrogen (secondary N) is 2. The highest BCUT2D eigenvalue weighted by molar-refractivity contribution is 5.94. The number of benzene rings is 2. The number of nitrogens with two attached hydrogens (primary N) is 1. The van der Waals surface area contributed by atoms with E-state index in [0.717, 1.165) is 24.0 Å². The molecule has 1 atom stereocenters. The second kappa shape index (κ2) is 11.7. The van der Waals surface area contributed by atoms with Crippen LogP contribution >= 0.6 is 12.4 Å². The molecule has 3 rings (SSSR count). The first-order chi connectivity index (χ1) is 14.0. The molecule has 6 nitrogen and oxygen atoms in total. The standard InChI is InChI=1S/C23H29N3O3.ClH/c1-16-5-7-17(8-6-16)14-25-22(27)20-4-2-3-18(13-20)15-26-23(28)21(24)19-9-11-29-12-10-19;/h2-8,13,19,21H,9-12,14-15,24H2,1H3,(H,25,27)(H,26,28);1H. The maximum Gasteiger partial charge on any atom is 0.251 e. The first kappa shape index (κ1) is 23.9. The maximum atomic E-state index is 12.5. The third-order valence-electron chi connectivity index (χ3n) is 5.31. The predicted octanol–water partition coefficient (Wildman–Crippen LogP) is 2.72. The lowest BCUT2D eigenvalue weighted by molar-refractivity contribution is -0.124. The summed E-state index contributed by atoms with van der Waals surface area (Å²) in [4.78, 5) is 24.8. The Bertz CT molecular complexity index is 836. The minimum Gasteiger partial charge on any atom is -0.381 e. The van der Waals surface area contributed by atoms with Crippen molar-refractivity contribution in [3.05, 3.63) is 70.8 Å². The normalized spacial score (nSPS) is 15.0. The van der Waals surface area contributed by atoms with Gasteiger partial charge in [0.15, 0.2) is 0 Å². The van der Waals surface area contributed by atoms with Gasteiger partial charge in [0.05, 0.1) is 6.04 Å². The van der Waals surface area contributed by atoms with Crippen LogP contribution in [0.4, 0.5) is 0 Å². The van der Waals surface area contributed by atoms with E-state index in [4.69, 9.17) is 10.5 Å². The van der Waals surface area contributed by atoms with Crippen molar-refractivity contribution >= 4 is 24.2 Å². The van der Waals surface area contributed by atoms with E-state index in [2.05, 4.69) is 10.6 Å². The quantitative estimate of drug-likeness (QED) is 0.628. The van der Waals surface area contributed by atoms with E-state index in [1.54, 1.807) is 12.1 Å². The average molecular weight is 432 g/mol. The first-order valence-electron chi connectivity index (χ1n) is 10.1. The van der Waals surface area contributed by atoms with Crippen LogP contribution in [-0.4, -0.2) is 31.1 Å². The van der Waals surface area contributed by atoms with Crippen molar-refractivity contribution < 1.29 is 14.3 Å². The van der Waals surface area contributed by atoms with E-state index < -0.39 is 6.04 Å². The zero-order chi connectivity index (χ0) is 20.6. The molecule has 1 aliphatic heterocycles. The number of ether oxygens (including phenoxy) is 1. The van der Waals surface area contributed by atoms with E-state index in [9.17, 15) is 9.59 Å². The van der Waals surface area contributed by atoms with Gasteiger partial charge in [0.25, 0.3) is 5.91 Å². The largest absolute Gasteiger partial charge is 0.381 e. The molecule has 0 aromatic heterocycles. The van der Waals surface area contributed by atoms with Gasteiger partial charge in [-0.25, -0.2) is 0 Å². The van der Waals surface area contributed by atoms with Crippen molar-refractivity contribution in [1.29, 1.82) is 0 Å². The summed E-state index contributed by atoms with van der Waals surface area (Å²) in [7, 11) is 0. The van der Waals surface area contributed by atoms with Crippen LogP contribution in [0.3, 0.4) is 0 Å². The predicted molar refractivity (Wildman–Crippen MR) is 119 cm³/mol. The van der Waals surface area contributed by atoms with Crippen LogP contribution in [0.2, 0.25) is 0 Å². The SMILES string of the molecule is Cc1ccc(CNC(=O)c2cccc(CNC(=O)C(N)C3CCOCC3)c2)cc1.Cl. The fourth-order valence-electron chi connectivity index (χ4n) is 3.41. The Labute approximate surface area is 184 Å². The lowest BCUT2D eigenvalue weighted by Crippen LogP contribution is -2.46. The van der Waals surface area contributed by atoms with Crippen LogP contribution < -0.4 is 16.4 Å². The van der Waals surface area contributed by atoms with E-state index in [1.807, 2.05) is 43.3 Å². The lowest BCUT2D eigenvalue weighted by Gasteiger charge is -2.26. The summed E-state index contributed by atoms with van der Waals surface area (Å²) in [6.07, 6.45) is 1.62. The van der Waals surface area contributed by atoms with E-state index >= 15 is 0 Å². The number of carbonyl (C=O) groups excluding carboxylic acids is 2. The summed E-state index contributed by atoms with van der Waals surface area (Å²) in [6, 6.07) is 14.8. The van der Waals surface area contributed by atoms with Crippen LogP contribution in [0.15, 0.2) is 48.5 Å². The molecule has 2 amide bonds. The Hall–Kier alpha value is -2.41. The van der Waals surface area contributed by atoms with Crippen LogP contribution in [0.5, 0.6) is 0 Å². The second-order valence-electron chi connectivity index (χ2n) is 7.56. The molecule has 2 aromatic rings. The van der Waals surface area contributed by atoms with Crippen molar-refractivity contribution in [2.45, 2.75) is 38.9 Å². The highest BCUT2D eigenvalue weighted by atomic mass is 35.5. The summed E-state index contributed by atoms with van der Waals surface area (Å²) < 4.78 is 5.32. The second-order valence-corrected chi connectivity index (χ2v) is 7.56. The molecule has 4 N–H and O–H groups in total. The number of carbonyl (C=O) groups is 2.